The van der Waals surface area contributed by atoms with Gasteiger partial charge < -0.3 is 18.9 Å². The number of carbonyl (C=O) groups excluding carboxylic acids is 1. The predicted molar refractivity (Wildman–Crippen MR) is 169 cm³/mol. The van der Waals surface area contributed by atoms with E-state index in [0.29, 0.717) is 12.8 Å². The van der Waals surface area contributed by atoms with E-state index < -0.39 is 7.82 Å². The Morgan fingerprint density at radius 2 is 1.39 bits per heavy atom. The monoisotopic (exact) mass is 598 g/mol. The number of Topliss-reactive ketones (excluding diaryl/α,β-unsaturated/α-hetero) is 1. The Labute approximate surface area is 251 Å². The molecule has 8 heteroatoms. The van der Waals surface area contributed by atoms with E-state index in [-0.39, 0.29) is 31.3 Å². The Bertz CT molecular complexity index is 845. The molecule has 0 aromatic heterocycles. The minimum absolute atomic E-state index is 0.0128. The van der Waals surface area contributed by atoms with Crippen molar-refractivity contribution in [1.29, 1.82) is 0 Å². The van der Waals surface area contributed by atoms with Gasteiger partial charge in [0.1, 0.15) is 11.5 Å². The van der Waals surface area contributed by atoms with Crippen molar-refractivity contribution < 1.29 is 32.5 Å². The number of hydrogen-bond acceptors (Lipinski definition) is 5. The molecule has 2 unspecified atom stereocenters. The maximum atomic E-state index is 12.4. The highest BCUT2D eigenvalue weighted by atomic mass is 31.2. The van der Waals surface area contributed by atoms with Crippen molar-refractivity contribution in [3.8, 4) is 5.75 Å². The number of phosphoric ester groups is 1. The van der Waals surface area contributed by atoms with Crippen molar-refractivity contribution >= 4 is 13.6 Å². The summed E-state index contributed by atoms with van der Waals surface area (Å²) in [6.07, 6.45) is 17.4. The fourth-order valence-corrected chi connectivity index (χ4v) is 5.69. The van der Waals surface area contributed by atoms with Crippen LogP contribution in [0.15, 0.2) is 24.3 Å². The van der Waals surface area contributed by atoms with Gasteiger partial charge in [0, 0.05) is 12.8 Å². The molecule has 1 rings (SSSR count). The first-order chi connectivity index (χ1) is 19.6. The molecule has 1 N–H and O–H groups in total. The van der Waals surface area contributed by atoms with Crippen LogP contribution in [0.3, 0.4) is 0 Å². The lowest BCUT2D eigenvalue weighted by Crippen LogP contribution is -2.40. The lowest BCUT2D eigenvalue weighted by atomic mass is 9.95. The minimum Gasteiger partial charge on any atom is -0.494 e. The third kappa shape index (κ3) is 21.2. The van der Waals surface area contributed by atoms with Crippen molar-refractivity contribution in [1.82, 2.24) is 0 Å². The molecule has 0 spiro atoms. The topological polar surface area (TPSA) is 82.1 Å². The fourth-order valence-electron chi connectivity index (χ4n) is 4.85. The number of hydrogen-bond donors (Lipinski definition) is 1. The largest absolute Gasteiger partial charge is 0.494 e. The van der Waals surface area contributed by atoms with Crippen molar-refractivity contribution in [3.05, 3.63) is 29.8 Å². The molecule has 1 aromatic carbocycles. The van der Waals surface area contributed by atoms with Crippen LogP contribution in [0.4, 0.5) is 0 Å². The molecule has 0 aliphatic heterocycles. The second kappa shape index (κ2) is 22.3. The second-order valence-electron chi connectivity index (χ2n) is 12.3. The number of unbranched alkanes of at least 4 members (excludes halogenated alkanes) is 11. The van der Waals surface area contributed by atoms with Crippen LogP contribution in [0, 0.1) is 5.92 Å². The van der Waals surface area contributed by atoms with E-state index in [1.54, 1.807) is 0 Å². The summed E-state index contributed by atoms with van der Waals surface area (Å²) in [6.45, 7) is 8.60. The Morgan fingerprint density at radius 1 is 0.829 bits per heavy atom. The van der Waals surface area contributed by atoms with Crippen LogP contribution >= 0.6 is 7.82 Å². The van der Waals surface area contributed by atoms with E-state index in [1.807, 2.05) is 24.3 Å². The molecular formula is C33H61NO6P+. The summed E-state index contributed by atoms with van der Waals surface area (Å²) in [4.78, 5) is 21.9. The average molecular weight is 599 g/mol. The molecule has 0 heterocycles. The lowest BCUT2D eigenvalue weighted by molar-refractivity contribution is -0.888. The summed E-state index contributed by atoms with van der Waals surface area (Å²) in [5.41, 5.74) is 1.03. The number of ether oxygens (including phenoxy) is 1. The molecule has 0 radical (unpaired) electrons. The van der Waals surface area contributed by atoms with Gasteiger partial charge in [-0.2, -0.15) is 0 Å². The van der Waals surface area contributed by atoms with Crippen molar-refractivity contribution in [2.24, 2.45) is 5.92 Å². The zero-order valence-electron chi connectivity index (χ0n) is 26.9. The third-order valence-electron chi connectivity index (χ3n) is 7.78. The molecule has 0 amide bonds. The number of rotatable bonds is 27. The minimum atomic E-state index is -4.16. The normalized spacial score (nSPS) is 14.1. The van der Waals surface area contributed by atoms with Gasteiger partial charge >= 0.3 is 7.82 Å². The maximum Gasteiger partial charge on any atom is 0.472 e. The SMILES string of the molecule is CCCCCCCCCCCCCCOc1ccc(CC(COP(=O)(O)OCCC[N+](C)(C)CC)CC(C)=O)cc1. The Morgan fingerprint density at radius 3 is 1.93 bits per heavy atom. The molecule has 0 aliphatic carbocycles. The van der Waals surface area contributed by atoms with Gasteiger partial charge in [-0.1, -0.05) is 89.7 Å². The van der Waals surface area contributed by atoms with E-state index >= 15 is 0 Å². The molecule has 0 aliphatic rings. The van der Waals surface area contributed by atoms with Crippen LogP contribution in [0.5, 0.6) is 5.75 Å². The molecule has 0 saturated heterocycles. The van der Waals surface area contributed by atoms with Gasteiger partial charge in [0.05, 0.1) is 47.0 Å². The highest BCUT2D eigenvalue weighted by molar-refractivity contribution is 7.47. The zero-order chi connectivity index (χ0) is 30.4. The quantitative estimate of drug-likeness (QED) is 0.0621. The van der Waals surface area contributed by atoms with Gasteiger partial charge in [-0.3, -0.25) is 9.05 Å². The molecule has 7 nitrogen and oxygen atoms in total. The number of phosphoric acid groups is 1. The van der Waals surface area contributed by atoms with Crippen LogP contribution in [-0.2, 0) is 24.8 Å². The molecule has 0 fully saturated rings. The van der Waals surface area contributed by atoms with E-state index in [4.69, 9.17) is 13.8 Å². The number of carbonyl (C=O) groups is 1. The fraction of sp³-hybridized carbons (Fsp3) is 0.788. The second-order valence-corrected chi connectivity index (χ2v) is 13.7. The smallest absolute Gasteiger partial charge is 0.472 e. The summed E-state index contributed by atoms with van der Waals surface area (Å²) in [5.74, 6) is 0.656. The predicted octanol–water partition coefficient (Wildman–Crippen LogP) is 8.52. The Kier molecular flexibility index (Phi) is 20.6. The molecular weight excluding hydrogens is 537 g/mol. The zero-order valence-corrected chi connectivity index (χ0v) is 27.8. The summed E-state index contributed by atoms with van der Waals surface area (Å²) in [6, 6.07) is 7.90. The Hall–Kier alpha value is -1.24. The molecule has 0 bridgehead atoms. The van der Waals surface area contributed by atoms with Gasteiger partial charge in [0.25, 0.3) is 0 Å². The molecule has 238 valence electrons. The van der Waals surface area contributed by atoms with Gasteiger partial charge in [0.2, 0.25) is 0 Å². The highest BCUT2D eigenvalue weighted by Crippen LogP contribution is 2.44. The van der Waals surface area contributed by atoms with Crippen molar-refractivity contribution in [3.63, 3.8) is 0 Å². The van der Waals surface area contributed by atoms with Crippen molar-refractivity contribution in [2.75, 3.05) is 47.0 Å². The lowest BCUT2D eigenvalue weighted by Gasteiger charge is -2.28. The Balaban J connectivity index is 2.29. The van der Waals surface area contributed by atoms with Gasteiger partial charge in [-0.05, 0) is 50.3 Å². The van der Waals surface area contributed by atoms with Gasteiger partial charge in [-0.15, -0.1) is 0 Å². The molecule has 2 atom stereocenters. The first-order valence-corrected chi connectivity index (χ1v) is 17.7. The van der Waals surface area contributed by atoms with Crippen LogP contribution in [-0.4, -0.2) is 62.2 Å². The van der Waals surface area contributed by atoms with Crippen LogP contribution < -0.4 is 4.74 Å². The highest BCUT2D eigenvalue weighted by Gasteiger charge is 2.24. The molecule has 41 heavy (non-hydrogen) atoms. The van der Waals surface area contributed by atoms with E-state index in [9.17, 15) is 14.3 Å². The summed E-state index contributed by atoms with van der Waals surface area (Å²) < 4.78 is 29.6. The van der Waals surface area contributed by atoms with E-state index in [0.717, 1.165) is 41.9 Å². The molecule has 0 saturated carbocycles. The third-order valence-corrected chi connectivity index (χ3v) is 8.77. The van der Waals surface area contributed by atoms with Crippen LogP contribution in [0.2, 0.25) is 0 Å². The average Bonchev–Trinajstić information content (AvgIpc) is 2.93. The van der Waals surface area contributed by atoms with Crippen molar-refractivity contribution in [2.45, 2.75) is 117 Å². The first kappa shape index (κ1) is 37.8. The summed E-state index contributed by atoms with van der Waals surface area (Å²) >= 11 is 0. The maximum absolute atomic E-state index is 12.4. The van der Waals surface area contributed by atoms with Crippen LogP contribution in [0.25, 0.3) is 0 Å². The first-order valence-electron chi connectivity index (χ1n) is 16.2. The summed E-state index contributed by atoms with van der Waals surface area (Å²) in [7, 11) is 0.0575. The molecule has 1 aromatic rings. The number of benzene rings is 1. The van der Waals surface area contributed by atoms with Crippen LogP contribution in [0.1, 0.15) is 116 Å². The summed E-state index contributed by atoms with van der Waals surface area (Å²) in [5, 5.41) is 0. The van der Waals surface area contributed by atoms with Gasteiger partial charge in [0.15, 0.2) is 0 Å². The van der Waals surface area contributed by atoms with E-state index in [1.165, 1.54) is 77.6 Å². The number of ketones is 1. The standard InChI is InChI=1S/C33H60NO6P/c1-6-8-9-10-11-12-13-14-15-16-17-18-25-38-33-22-20-31(21-23-33)28-32(27-30(3)35)29-40-41(36,37)39-26-19-24-34(4,5)7-2/h20-23,32H,6-19,24-29H2,1-5H3/p+1. The number of quaternary nitrogens is 1. The van der Waals surface area contributed by atoms with E-state index in [2.05, 4.69) is 27.9 Å². The van der Waals surface area contributed by atoms with Gasteiger partial charge in [-0.25, -0.2) is 4.57 Å². The number of nitrogens with zero attached hydrogens (tertiary/aromatic N) is 1.